The van der Waals surface area contributed by atoms with E-state index in [0.717, 1.165) is 17.6 Å². The maximum atomic E-state index is 12.7. The molecule has 2 N–H and O–H groups in total. The van der Waals surface area contributed by atoms with Crippen molar-refractivity contribution < 1.29 is 9.59 Å². The van der Waals surface area contributed by atoms with Crippen molar-refractivity contribution in [3.05, 3.63) is 47.5 Å². The van der Waals surface area contributed by atoms with Crippen LogP contribution in [-0.2, 0) is 4.79 Å². The second-order valence-corrected chi connectivity index (χ2v) is 7.06. The number of halogens is 1. The van der Waals surface area contributed by atoms with E-state index >= 15 is 0 Å². The van der Waals surface area contributed by atoms with E-state index in [1.807, 2.05) is 15.7 Å². The number of benzene rings is 1. The summed E-state index contributed by atoms with van der Waals surface area (Å²) in [5.41, 5.74) is 2.65. The van der Waals surface area contributed by atoms with Crippen molar-refractivity contribution in [3.63, 3.8) is 0 Å². The third kappa shape index (κ3) is 4.54. The lowest BCUT2D eigenvalue weighted by Gasteiger charge is -2.18. The topological polar surface area (TPSA) is 87.2 Å². The van der Waals surface area contributed by atoms with Crippen molar-refractivity contribution in [2.24, 2.45) is 0 Å². The highest BCUT2D eigenvalue weighted by molar-refractivity contribution is 6.51. The van der Waals surface area contributed by atoms with Gasteiger partial charge in [-0.1, -0.05) is 18.2 Å². The van der Waals surface area contributed by atoms with Crippen molar-refractivity contribution in [3.8, 4) is 0 Å². The van der Waals surface area contributed by atoms with Gasteiger partial charge in [0.05, 0.1) is 5.02 Å². The van der Waals surface area contributed by atoms with Gasteiger partial charge < -0.3 is 15.5 Å². The maximum Gasteiger partial charge on any atom is 0.253 e. The zero-order valence-electron chi connectivity index (χ0n) is 15.8. The quantitative estimate of drug-likeness (QED) is 0.506. The molecule has 2 amide bonds. The smallest absolute Gasteiger partial charge is 0.253 e. The summed E-state index contributed by atoms with van der Waals surface area (Å²) in [6.45, 7) is 4.63. The number of nitrogens with zero attached hydrogens (tertiary/aromatic N) is 3. The molecule has 142 valence electrons. The van der Waals surface area contributed by atoms with Crippen LogP contribution in [0.1, 0.15) is 16.8 Å². The van der Waals surface area contributed by atoms with E-state index in [-0.39, 0.29) is 17.9 Å². The molecular formula is C18H20B2ClN5O2. The first-order valence-electron chi connectivity index (χ1n) is 8.97. The van der Waals surface area contributed by atoms with Crippen molar-refractivity contribution in [2.75, 3.05) is 23.7 Å². The summed E-state index contributed by atoms with van der Waals surface area (Å²) in [6.07, 6.45) is 2.01. The Bertz CT molecular complexity index is 900. The van der Waals surface area contributed by atoms with E-state index in [9.17, 15) is 9.59 Å². The summed E-state index contributed by atoms with van der Waals surface area (Å²) >= 11 is 6.11. The number of amides is 2. The molecule has 10 heteroatoms. The van der Waals surface area contributed by atoms with Crippen LogP contribution in [0.15, 0.2) is 36.9 Å². The SMILES string of the molecule is Bc1nc(N[C@@H]2CCN(C(=O)c3ccc(NC(=O)C=C)cc3)C2)nc(B)c1Cl. The van der Waals surface area contributed by atoms with E-state index in [1.54, 1.807) is 29.2 Å². The van der Waals surface area contributed by atoms with E-state index in [2.05, 4.69) is 27.2 Å². The number of nitrogens with one attached hydrogen (secondary N) is 2. The average Bonchev–Trinajstić information content (AvgIpc) is 3.14. The van der Waals surface area contributed by atoms with Crippen LogP contribution >= 0.6 is 11.6 Å². The van der Waals surface area contributed by atoms with Gasteiger partial charge in [0.15, 0.2) is 15.7 Å². The molecule has 0 spiro atoms. The Labute approximate surface area is 170 Å². The number of hydrogen-bond donors (Lipinski definition) is 2. The van der Waals surface area contributed by atoms with Gasteiger partial charge in [0, 0.05) is 41.6 Å². The number of anilines is 2. The van der Waals surface area contributed by atoms with Gasteiger partial charge in [-0.3, -0.25) is 9.59 Å². The predicted molar refractivity (Wildman–Crippen MR) is 117 cm³/mol. The first-order valence-corrected chi connectivity index (χ1v) is 9.35. The van der Waals surface area contributed by atoms with Crippen molar-refractivity contribution in [1.82, 2.24) is 14.9 Å². The zero-order valence-corrected chi connectivity index (χ0v) is 16.6. The van der Waals surface area contributed by atoms with Crippen LogP contribution in [-0.4, -0.2) is 61.5 Å². The van der Waals surface area contributed by atoms with E-state index in [1.165, 1.54) is 6.08 Å². The number of likely N-dealkylation sites (tertiary alicyclic amines) is 1. The van der Waals surface area contributed by atoms with Crippen molar-refractivity contribution >= 4 is 61.9 Å². The van der Waals surface area contributed by atoms with Crippen LogP contribution in [0.25, 0.3) is 0 Å². The molecule has 2 heterocycles. The Morgan fingerprint density at radius 1 is 1.21 bits per heavy atom. The molecule has 1 atom stereocenters. The predicted octanol–water partition coefficient (Wildman–Crippen LogP) is -0.902. The van der Waals surface area contributed by atoms with Crippen LogP contribution in [0.4, 0.5) is 11.6 Å². The molecule has 0 aliphatic carbocycles. The summed E-state index contributed by atoms with van der Waals surface area (Å²) in [4.78, 5) is 34.6. The molecule has 0 unspecified atom stereocenters. The molecule has 0 saturated carbocycles. The van der Waals surface area contributed by atoms with Crippen molar-refractivity contribution in [1.29, 1.82) is 0 Å². The first-order chi connectivity index (χ1) is 13.4. The Kier molecular flexibility index (Phi) is 6.04. The molecule has 0 radical (unpaired) electrons. The van der Waals surface area contributed by atoms with Crippen LogP contribution in [0.5, 0.6) is 0 Å². The fourth-order valence-electron chi connectivity index (χ4n) is 3.08. The van der Waals surface area contributed by atoms with Gasteiger partial charge in [-0.15, -0.1) is 0 Å². The normalized spacial score (nSPS) is 15.9. The second-order valence-electron chi connectivity index (χ2n) is 6.68. The number of hydrogen-bond acceptors (Lipinski definition) is 5. The Morgan fingerprint density at radius 2 is 1.86 bits per heavy atom. The number of aromatic nitrogens is 2. The average molecular weight is 395 g/mol. The lowest BCUT2D eigenvalue weighted by Crippen LogP contribution is -2.33. The van der Waals surface area contributed by atoms with Crippen LogP contribution in [0, 0.1) is 0 Å². The molecule has 1 saturated heterocycles. The molecule has 2 aromatic rings. The molecule has 0 bridgehead atoms. The second kappa shape index (κ2) is 8.48. The molecule has 1 fully saturated rings. The molecule has 1 aliphatic heterocycles. The summed E-state index contributed by atoms with van der Waals surface area (Å²) in [6, 6.07) is 6.89. The molecule has 28 heavy (non-hydrogen) atoms. The Balaban J connectivity index is 1.61. The zero-order chi connectivity index (χ0) is 20.3. The minimum atomic E-state index is -0.289. The summed E-state index contributed by atoms with van der Waals surface area (Å²) < 4.78 is 0. The van der Waals surface area contributed by atoms with E-state index in [0.29, 0.717) is 35.3 Å². The lowest BCUT2D eigenvalue weighted by molar-refractivity contribution is -0.111. The van der Waals surface area contributed by atoms with Crippen LogP contribution in [0.3, 0.4) is 0 Å². The highest BCUT2D eigenvalue weighted by Gasteiger charge is 2.27. The van der Waals surface area contributed by atoms with Gasteiger partial charge in [-0.05, 0) is 36.8 Å². The highest BCUT2D eigenvalue weighted by Crippen LogP contribution is 2.18. The summed E-state index contributed by atoms with van der Waals surface area (Å²) in [5.74, 6) is 0.193. The first kappa shape index (κ1) is 19.9. The van der Waals surface area contributed by atoms with Gasteiger partial charge in [0.25, 0.3) is 5.91 Å². The minimum Gasteiger partial charge on any atom is -0.350 e. The molecule has 1 aromatic heterocycles. The van der Waals surface area contributed by atoms with E-state index < -0.39 is 0 Å². The third-order valence-corrected chi connectivity index (χ3v) is 5.12. The highest BCUT2D eigenvalue weighted by atomic mass is 35.5. The lowest BCUT2D eigenvalue weighted by atomic mass is 9.96. The molecule has 3 rings (SSSR count). The van der Waals surface area contributed by atoms with E-state index in [4.69, 9.17) is 11.6 Å². The van der Waals surface area contributed by atoms with Crippen LogP contribution < -0.4 is 21.8 Å². The van der Waals surface area contributed by atoms with Gasteiger partial charge in [-0.2, -0.15) is 0 Å². The minimum absolute atomic E-state index is 0.0460. The summed E-state index contributed by atoms with van der Waals surface area (Å²) in [5, 5.41) is 6.52. The molecule has 1 aliphatic rings. The molecule has 7 nitrogen and oxygen atoms in total. The standard InChI is InChI=1S/C18H20B2ClN5O2/c1-2-13(27)22-11-5-3-10(4-6-11)17(28)26-8-7-12(9-26)23-18-24-15(19)14(21)16(20)25-18/h2-6,12H,1,7-9,19-20H2,(H,22,27)(H,23,24,25)/t12-/m1/s1. The van der Waals surface area contributed by atoms with Crippen LogP contribution in [0.2, 0.25) is 5.02 Å². The van der Waals surface area contributed by atoms with Gasteiger partial charge >= 0.3 is 0 Å². The van der Waals surface area contributed by atoms with Gasteiger partial charge in [-0.25, -0.2) is 9.97 Å². The van der Waals surface area contributed by atoms with Gasteiger partial charge in [0.1, 0.15) is 0 Å². The Hall–Kier alpha value is -2.80. The maximum absolute atomic E-state index is 12.7. The number of carbonyl (C=O) groups is 2. The fraction of sp³-hybridized carbons (Fsp3) is 0.222. The molecule has 1 aromatic carbocycles. The van der Waals surface area contributed by atoms with Crippen molar-refractivity contribution in [2.45, 2.75) is 12.5 Å². The molecular weight excluding hydrogens is 375 g/mol. The number of rotatable bonds is 5. The third-order valence-electron chi connectivity index (χ3n) is 4.58. The number of carbonyl (C=O) groups excluding carboxylic acids is 2. The largest absolute Gasteiger partial charge is 0.350 e. The van der Waals surface area contributed by atoms with Gasteiger partial charge in [0.2, 0.25) is 11.9 Å². The Morgan fingerprint density at radius 3 is 2.46 bits per heavy atom. The summed E-state index contributed by atoms with van der Waals surface area (Å²) in [7, 11) is 3.68. The fourth-order valence-corrected chi connectivity index (χ4v) is 3.17. The monoisotopic (exact) mass is 395 g/mol.